The first-order chi connectivity index (χ1) is 10.00. The van der Waals surface area contributed by atoms with Crippen LogP contribution >= 0.6 is 0 Å². The maximum absolute atomic E-state index is 12.9. The lowest BCUT2D eigenvalue weighted by Crippen LogP contribution is -2.50. The third-order valence-corrected chi connectivity index (χ3v) is 4.10. The highest BCUT2D eigenvalue weighted by Gasteiger charge is 2.47. The Morgan fingerprint density at radius 3 is 2.52 bits per heavy atom. The van der Waals surface area contributed by atoms with Gasteiger partial charge in [0.15, 0.2) is 5.41 Å². The van der Waals surface area contributed by atoms with Crippen molar-refractivity contribution in [2.24, 2.45) is 0 Å². The summed E-state index contributed by atoms with van der Waals surface area (Å²) in [6, 6.07) is 7.55. The molecule has 0 spiro atoms. The fourth-order valence-electron chi connectivity index (χ4n) is 2.80. The zero-order valence-corrected chi connectivity index (χ0v) is 13.0. The average Bonchev–Trinajstić information content (AvgIpc) is 3.00. The third-order valence-electron chi connectivity index (χ3n) is 4.10. The highest BCUT2D eigenvalue weighted by Crippen LogP contribution is 2.30. The summed E-state index contributed by atoms with van der Waals surface area (Å²) in [5.74, 6) is -0.614. The molecule has 1 atom stereocenters. The molecular weight excluding hydrogens is 266 g/mol. The van der Waals surface area contributed by atoms with Crippen LogP contribution in [0.5, 0.6) is 0 Å². The van der Waals surface area contributed by atoms with E-state index in [2.05, 4.69) is 0 Å². The van der Waals surface area contributed by atoms with Gasteiger partial charge in [-0.05, 0) is 39.2 Å². The Morgan fingerprint density at radius 1 is 1.29 bits per heavy atom. The SMILES string of the molecule is CCOC(=O)C(C)(C(=O)N1CCCC1)c1cccc(C)c1. The van der Waals surface area contributed by atoms with Gasteiger partial charge in [0.2, 0.25) is 5.91 Å². The van der Waals surface area contributed by atoms with E-state index in [4.69, 9.17) is 4.74 Å². The molecule has 0 aromatic heterocycles. The molecule has 0 radical (unpaired) electrons. The third kappa shape index (κ3) is 2.94. The average molecular weight is 289 g/mol. The molecule has 4 nitrogen and oxygen atoms in total. The first-order valence-corrected chi connectivity index (χ1v) is 7.54. The van der Waals surface area contributed by atoms with Crippen LogP contribution in [-0.2, 0) is 19.7 Å². The summed E-state index contributed by atoms with van der Waals surface area (Å²) in [5.41, 5.74) is 0.474. The summed E-state index contributed by atoms with van der Waals surface area (Å²) in [6.45, 7) is 7.11. The quantitative estimate of drug-likeness (QED) is 0.632. The highest BCUT2D eigenvalue weighted by molar-refractivity contribution is 6.08. The molecule has 1 amide bonds. The lowest BCUT2D eigenvalue weighted by molar-refractivity contribution is -0.157. The van der Waals surface area contributed by atoms with Crippen molar-refractivity contribution in [3.63, 3.8) is 0 Å². The number of aryl methyl sites for hydroxylation is 1. The molecule has 114 valence electrons. The molecule has 0 saturated carbocycles. The number of carbonyl (C=O) groups is 2. The van der Waals surface area contributed by atoms with Gasteiger partial charge < -0.3 is 9.64 Å². The van der Waals surface area contributed by atoms with Gasteiger partial charge in [-0.1, -0.05) is 29.8 Å². The lowest BCUT2D eigenvalue weighted by Gasteiger charge is -2.31. The summed E-state index contributed by atoms with van der Waals surface area (Å²) in [6.07, 6.45) is 2.00. The van der Waals surface area contributed by atoms with E-state index in [1.807, 2.05) is 31.2 Å². The van der Waals surface area contributed by atoms with Gasteiger partial charge in [-0.3, -0.25) is 9.59 Å². The van der Waals surface area contributed by atoms with Crippen molar-refractivity contribution in [1.29, 1.82) is 0 Å². The van der Waals surface area contributed by atoms with E-state index < -0.39 is 11.4 Å². The van der Waals surface area contributed by atoms with Crippen LogP contribution in [0.3, 0.4) is 0 Å². The van der Waals surface area contributed by atoms with E-state index in [0.717, 1.165) is 31.5 Å². The topological polar surface area (TPSA) is 46.6 Å². The van der Waals surface area contributed by atoms with Gasteiger partial charge in [-0.2, -0.15) is 0 Å². The number of carbonyl (C=O) groups excluding carboxylic acids is 2. The molecule has 1 fully saturated rings. The number of esters is 1. The molecule has 0 N–H and O–H groups in total. The van der Waals surface area contributed by atoms with Gasteiger partial charge in [0.1, 0.15) is 0 Å². The number of likely N-dealkylation sites (tertiary alicyclic amines) is 1. The molecule has 1 aromatic carbocycles. The van der Waals surface area contributed by atoms with Crippen LogP contribution in [0.1, 0.15) is 37.8 Å². The Labute approximate surface area is 126 Å². The standard InChI is InChI=1S/C17H23NO3/c1-4-21-16(20)17(3,14-9-7-8-13(2)12-14)15(19)18-10-5-6-11-18/h7-9,12H,4-6,10-11H2,1-3H3. The first-order valence-electron chi connectivity index (χ1n) is 7.54. The van der Waals surface area contributed by atoms with Gasteiger partial charge in [0.25, 0.3) is 0 Å². The van der Waals surface area contributed by atoms with Crippen LogP contribution in [0.4, 0.5) is 0 Å². The van der Waals surface area contributed by atoms with Crippen LogP contribution in [-0.4, -0.2) is 36.5 Å². The Bertz CT molecular complexity index is 535. The monoisotopic (exact) mass is 289 g/mol. The fraction of sp³-hybridized carbons (Fsp3) is 0.529. The zero-order chi connectivity index (χ0) is 15.5. The van der Waals surface area contributed by atoms with Gasteiger partial charge >= 0.3 is 5.97 Å². The van der Waals surface area contributed by atoms with Crippen molar-refractivity contribution < 1.29 is 14.3 Å². The minimum absolute atomic E-state index is 0.149. The summed E-state index contributed by atoms with van der Waals surface area (Å²) in [7, 11) is 0. The Hall–Kier alpha value is -1.84. The minimum Gasteiger partial charge on any atom is -0.465 e. The van der Waals surface area contributed by atoms with Gasteiger partial charge in [0.05, 0.1) is 6.61 Å². The smallest absolute Gasteiger partial charge is 0.325 e. The minimum atomic E-state index is -1.26. The molecule has 0 bridgehead atoms. The highest BCUT2D eigenvalue weighted by atomic mass is 16.5. The second kappa shape index (κ2) is 6.29. The van der Waals surface area contributed by atoms with Crippen molar-refractivity contribution in [3.05, 3.63) is 35.4 Å². The van der Waals surface area contributed by atoms with E-state index in [1.54, 1.807) is 18.7 Å². The molecule has 0 aliphatic carbocycles. The van der Waals surface area contributed by atoms with E-state index in [1.165, 1.54) is 0 Å². The molecule has 1 heterocycles. The normalized spacial score (nSPS) is 17.4. The van der Waals surface area contributed by atoms with Crippen molar-refractivity contribution in [2.45, 2.75) is 39.0 Å². The van der Waals surface area contributed by atoms with Crippen molar-refractivity contribution in [3.8, 4) is 0 Å². The Morgan fingerprint density at radius 2 is 1.95 bits per heavy atom. The number of rotatable bonds is 4. The number of hydrogen-bond acceptors (Lipinski definition) is 3. The first kappa shape index (κ1) is 15.5. The summed E-state index contributed by atoms with van der Waals surface area (Å²) in [5, 5.41) is 0. The van der Waals surface area contributed by atoms with E-state index >= 15 is 0 Å². The number of ether oxygens (including phenoxy) is 1. The summed E-state index contributed by atoms with van der Waals surface area (Å²) in [4.78, 5) is 27.2. The van der Waals surface area contributed by atoms with Crippen molar-refractivity contribution in [2.75, 3.05) is 19.7 Å². The van der Waals surface area contributed by atoms with Crippen molar-refractivity contribution >= 4 is 11.9 Å². The van der Waals surface area contributed by atoms with Crippen LogP contribution in [0.25, 0.3) is 0 Å². The molecule has 1 saturated heterocycles. The number of nitrogens with zero attached hydrogens (tertiary/aromatic N) is 1. The van der Waals surface area contributed by atoms with Gasteiger partial charge in [0, 0.05) is 13.1 Å². The summed E-state index contributed by atoms with van der Waals surface area (Å²) < 4.78 is 5.20. The van der Waals surface area contributed by atoms with E-state index in [9.17, 15) is 9.59 Å². The largest absolute Gasteiger partial charge is 0.465 e. The lowest BCUT2D eigenvalue weighted by atomic mass is 9.80. The number of amides is 1. The van der Waals surface area contributed by atoms with Crippen LogP contribution in [0, 0.1) is 6.92 Å². The van der Waals surface area contributed by atoms with Gasteiger partial charge in [-0.15, -0.1) is 0 Å². The maximum atomic E-state index is 12.9. The summed E-state index contributed by atoms with van der Waals surface area (Å²) >= 11 is 0. The molecule has 1 aliphatic rings. The zero-order valence-electron chi connectivity index (χ0n) is 13.0. The molecule has 1 unspecified atom stereocenters. The number of benzene rings is 1. The number of hydrogen-bond donors (Lipinski definition) is 0. The molecule has 21 heavy (non-hydrogen) atoms. The van der Waals surface area contributed by atoms with E-state index in [-0.39, 0.29) is 12.5 Å². The molecule has 4 heteroatoms. The predicted octanol–water partition coefficient (Wildman–Crippen LogP) is 2.44. The van der Waals surface area contributed by atoms with Crippen molar-refractivity contribution in [1.82, 2.24) is 4.90 Å². The molecule has 1 aromatic rings. The van der Waals surface area contributed by atoms with E-state index in [0.29, 0.717) is 5.56 Å². The second-order valence-corrected chi connectivity index (χ2v) is 5.71. The van der Waals surface area contributed by atoms with Gasteiger partial charge in [-0.25, -0.2) is 0 Å². The molecule has 2 rings (SSSR count). The molecular formula is C17H23NO3. The molecule has 1 aliphatic heterocycles. The van der Waals surface area contributed by atoms with Crippen LogP contribution in [0.2, 0.25) is 0 Å². The van der Waals surface area contributed by atoms with Crippen LogP contribution in [0.15, 0.2) is 24.3 Å². The second-order valence-electron chi connectivity index (χ2n) is 5.71. The fourth-order valence-corrected chi connectivity index (χ4v) is 2.80. The maximum Gasteiger partial charge on any atom is 0.325 e. The predicted molar refractivity (Wildman–Crippen MR) is 81.0 cm³/mol. The Balaban J connectivity index is 2.43. The Kier molecular flexibility index (Phi) is 4.66. The van der Waals surface area contributed by atoms with Crippen LogP contribution < -0.4 is 0 Å².